The molecule has 2 aromatic rings. The van der Waals surface area contributed by atoms with Gasteiger partial charge in [0.1, 0.15) is 5.75 Å². The van der Waals surface area contributed by atoms with Crippen LogP contribution in [0, 0.1) is 0 Å². The number of hydrogen-bond acceptors (Lipinski definition) is 3. The fourth-order valence-electron chi connectivity index (χ4n) is 1.67. The summed E-state index contributed by atoms with van der Waals surface area (Å²) in [5.41, 5.74) is 4.93. The summed E-state index contributed by atoms with van der Waals surface area (Å²) >= 11 is 8.54. The van der Waals surface area contributed by atoms with E-state index in [1.165, 1.54) is 0 Å². The van der Waals surface area contributed by atoms with Crippen LogP contribution in [-0.2, 0) is 0 Å². The van der Waals surface area contributed by atoms with E-state index in [9.17, 15) is 5.11 Å². The van der Waals surface area contributed by atoms with Crippen molar-refractivity contribution < 1.29 is 5.11 Å². The molecule has 0 aliphatic rings. The van der Waals surface area contributed by atoms with E-state index in [0.717, 1.165) is 10.2 Å². The first-order valence-electron chi connectivity index (χ1n) is 6.21. The van der Waals surface area contributed by atoms with E-state index >= 15 is 0 Å². The molecule has 0 aromatic heterocycles. The van der Waals surface area contributed by atoms with Gasteiger partial charge in [-0.2, -0.15) is 5.10 Å². The Morgan fingerprint density at radius 1 is 1.14 bits per heavy atom. The van der Waals surface area contributed by atoms with Crippen molar-refractivity contribution in [3.05, 3.63) is 58.6 Å². The molecule has 108 valence electrons. The molecule has 0 saturated carbocycles. The Morgan fingerprint density at radius 2 is 1.81 bits per heavy atom. The standard InChI is InChI=1S/C15H14BrN3OS/c1-10(13-4-2-3-5-14(13)20)18-19-15(21)17-12-8-6-11(16)7-9-12/h2-9,20H,1H3,(H2,17,19,21)/b18-10+. The first-order valence-corrected chi connectivity index (χ1v) is 7.41. The lowest BCUT2D eigenvalue weighted by atomic mass is 10.1. The van der Waals surface area contributed by atoms with E-state index in [0.29, 0.717) is 16.4 Å². The summed E-state index contributed by atoms with van der Waals surface area (Å²) in [6.45, 7) is 1.80. The molecule has 2 aromatic carbocycles. The fraction of sp³-hybridized carbons (Fsp3) is 0.0667. The quantitative estimate of drug-likeness (QED) is 0.440. The van der Waals surface area contributed by atoms with Gasteiger partial charge in [-0.05, 0) is 55.5 Å². The van der Waals surface area contributed by atoms with Crippen LogP contribution in [0.5, 0.6) is 5.75 Å². The Labute approximate surface area is 137 Å². The average molecular weight is 364 g/mol. The highest BCUT2D eigenvalue weighted by Gasteiger charge is 2.03. The zero-order chi connectivity index (χ0) is 15.2. The Kier molecular flexibility index (Phi) is 5.30. The summed E-state index contributed by atoms with van der Waals surface area (Å²) < 4.78 is 1.00. The van der Waals surface area contributed by atoms with E-state index in [1.807, 2.05) is 30.3 Å². The average Bonchev–Trinajstić information content (AvgIpc) is 2.48. The summed E-state index contributed by atoms with van der Waals surface area (Å²) in [5, 5.41) is 17.3. The number of thiocarbonyl (C=S) groups is 1. The Hall–Kier alpha value is -1.92. The Balaban J connectivity index is 1.98. The number of nitrogens with zero attached hydrogens (tertiary/aromatic N) is 1. The molecular formula is C15H14BrN3OS. The molecular weight excluding hydrogens is 350 g/mol. The minimum absolute atomic E-state index is 0.187. The summed E-state index contributed by atoms with van der Waals surface area (Å²) in [4.78, 5) is 0. The van der Waals surface area contributed by atoms with Crippen molar-refractivity contribution in [1.82, 2.24) is 5.43 Å². The van der Waals surface area contributed by atoms with E-state index in [2.05, 4.69) is 31.8 Å². The molecule has 0 aliphatic carbocycles. The number of para-hydroxylation sites is 1. The van der Waals surface area contributed by atoms with Crippen molar-refractivity contribution in [2.75, 3.05) is 5.32 Å². The third kappa shape index (κ3) is 4.54. The number of anilines is 1. The third-order valence-electron chi connectivity index (χ3n) is 2.72. The van der Waals surface area contributed by atoms with Crippen molar-refractivity contribution in [2.45, 2.75) is 6.92 Å². The van der Waals surface area contributed by atoms with Crippen molar-refractivity contribution >= 4 is 44.7 Å². The molecule has 0 fully saturated rings. The van der Waals surface area contributed by atoms with Crippen LogP contribution >= 0.6 is 28.1 Å². The molecule has 4 nitrogen and oxygen atoms in total. The van der Waals surface area contributed by atoms with Gasteiger partial charge in [-0.1, -0.05) is 28.1 Å². The second-order valence-electron chi connectivity index (χ2n) is 4.29. The number of phenolic OH excluding ortho intramolecular Hbond substituents is 1. The van der Waals surface area contributed by atoms with Gasteiger partial charge < -0.3 is 10.4 Å². The van der Waals surface area contributed by atoms with Gasteiger partial charge >= 0.3 is 0 Å². The molecule has 0 aliphatic heterocycles. The van der Waals surface area contributed by atoms with Gasteiger partial charge in [0, 0.05) is 15.7 Å². The lowest BCUT2D eigenvalue weighted by Gasteiger charge is -2.08. The predicted molar refractivity (Wildman–Crippen MR) is 93.8 cm³/mol. The van der Waals surface area contributed by atoms with Gasteiger partial charge in [-0.15, -0.1) is 0 Å². The highest BCUT2D eigenvalue weighted by atomic mass is 79.9. The zero-order valence-electron chi connectivity index (χ0n) is 11.3. The maximum atomic E-state index is 9.75. The number of rotatable bonds is 3. The van der Waals surface area contributed by atoms with Crippen LogP contribution in [0.1, 0.15) is 12.5 Å². The Morgan fingerprint density at radius 3 is 2.48 bits per heavy atom. The fourth-order valence-corrected chi connectivity index (χ4v) is 2.09. The van der Waals surface area contributed by atoms with Gasteiger partial charge in [0.25, 0.3) is 0 Å². The minimum atomic E-state index is 0.187. The normalized spacial score (nSPS) is 11.0. The number of benzene rings is 2. The number of phenols is 1. The lowest BCUT2D eigenvalue weighted by Crippen LogP contribution is -2.24. The molecule has 0 spiro atoms. The Bertz CT molecular complexity index is 671. The lowest BCUT2D eigenvalue weighted by molar-refractivity contribution is 0.474. The van der Waals surface area contributed by atoms with Crippen LogP contribution < -0.4 is 10.7 Å². The summed E-state index contributed by atoms with van der Waals surface area (Å²) in [5.74, 6) is 0.187. The third-order valence-corrected chi connectivity index (χ3v) is 3.44. The summed E-state index contributed by atoms with van der Waals surface area (Å²) in [7, 11) is 0. The van der Waals surface area contributed by atoms with E-state index < -0.39 is 0 Å². The number of hydrazone groups is 1. The number of halogens is 1. The van der Waals surface area contributed by atoms with E-state index in [-0.39, 0.29) is 5.75 Å². The topological polar surface area (TPSA) is 56.7 Å². The molecule has 0 atom stereocenters. The SMILES string of the molecule is C/C(=N\NC(=S)Nc1ccc(Br)cc1)c1ccccc1O. The summed E-state index contributed by atoms with van der Waals surface area (Å²) in [6.07, 6.45) is 0. The molecule has 2 rings (SSSR count). The van der Waals surface area contributed by atoms with Crippen LogP contribution in [0.2, 0.25) is 0 Å². The molecule has 0 heterocycles. The van der Waals surface area contributed by atoms with Crippen LogP contribution in [0.15, 0.2) is 58.1 Å². The largest absolute Gasteiger partial charge is 0.507 e. The molecule has 0 bridgehead atoms. The molecule has 0 unspecified atom stereocenters. The van der Waals surface area contributed by atoms with Gasteiger partial charge in [-0.3, -0.25) is 5.43 Å². The molecule has 0 saturated heterocycles. The van der Waals surface area contributed by atoms with Crippen LogP contribution in [0.25, 0.3) is 0 Å². The molecule has 6 heteroatoms. The van der Waals surface area contributed by atoms with Crippen molar-refractivity contribution in [3.8, 4) is 5.75 Å². The van der Waals surface area contributed by atoms with Crippen LogP contribution in [0.3, 0.4) is 0 Å². The predicted octanol–water partition coefficient (Wildman–Crippen LogP) is 3.87. The smallest absolute Gasteiger partial charge is 0.191 e. The molecule has 21 heavy (non-hydrogen) atoms. The number of nitrogens with one attached hydrogen (secondary N) is 2. The monoisotopic (exact) mass is 363 g/mol. The highest BCUT2D eigenvalue weighted by molar-refractivity contribution is 9.10. The van der Waals surface area contributed by atoms with Gasteiger partial charge in [-0.25, -0.2) is 0 Å². The van der Waals surface area contributed by atoms with Crippen LogP contribution in [-0.4, -0.2) is 15.9 Å². The molecule has 0 amide bonds. The van der Waals surface area contributed by atoms with Gasteiger partial charge in [0.2, 0.25) is 0 Å². The number of aromatic hydroxyl groups is 1. The molecule has 3 N–H and O–H groups in total. The summed E-state index contributed by atoms with van der Waals surface area (Å²) in [6, 6.07) is 14.7. The first-order chi connectivity index (χ1) is 10.1. The first kappa shape index (κ1) is 15.5. The second-order valence-corrected chi connectivity index (χ2v) is 5.61. The maximum absolute atomic E-state index is 9.75. The second kappa shape index (κ2) is 7.19. The van der Waals surface area contributed by atoms with E-state index in [4.69, 9.17) is 12.2 Å². The minimum Gasteiger partial charge on any atom is -0.507 e. The molecule has 0 radical (unpaired) electrons. The van der Waals surface area contributed by atoms with Gasteiger partial charge in [0.05, 0.1) is 5.71 Å². The van der Waals surface area contributed by atoms with Crippen molar-refractivity contribution in [3.63, 3.8) is 0 Å². The van der Waals surface area contributed by atoms with Crippen molar-refractivity contribution in [2.24, 2.45) is 5.10 Å². The highest BCUT2D eigenvalue weighted by Crippen LogP contribution is 2.16. The van der Waals surface area contributed by atoms with E-state index in [1.54, 1.807) is 25.1 Å². The number of hydrogen-bond donors (Lipinski definition) is 3. The maximum Gasteiger partial charge on any atom is 0.191 e. The van der Waals surface area contributed by atoms with Gasteiger partial charge in [0.15, 0.2) is 5.11 Å². The zero-order valence-corrected chi connectivity index (χ0v) is 13.7. The van der Waals surface area contributed by atoms with Crippen LogP contribution in [0.4, 0.5) is 5.69 Å². The van der Waals surface area contributed by atoms with Crippen molar-refractivity contribution in [1.29, 1.82) is 0 Å².